The minimum absolute atomic E-state index is 0.0579. The minimum Gasteiger partial charge on any atom is -0.495 e. The van der Waals surface area contributed by atoms with E-state index in [9.17, 15) is 9.59 Å². The zero-order valence-corrected chi connectivity index (χ0v) is 15.2. The molecular formula is C18H22N4O4. The van der Waals surface area contributed by atoms with Gasteiger partial charge in [-0.25, -0.2) is 14.8 Å². The predicted molar refractivity (Wildman–Crippen MR) is 97.1 cm³/mol. The van der Waals surface area contributed by atoms with Crippen molar-refractivity contribution < 1.29 is 19.1 Å². The van der Waals surface area contributed by atoms with Crippen LogP contribution in [-0.4, -0.2) is 35.6 Å². The van der Waals surface area contributed by atoms with Gasteiger partial charge in [-0.1, -0.05) is 26.8 Å². The number of hydrogen-bond acceptors (Lipinski definition) is 7. The second kappa shape index (κ2) is 7.81. The van der Waals surface area contributed by atoms with Crippen molar-refractivity contribution in [1.82, 2.24) is 9.97 Å². The molecule has 1 aromatic heterocycles. The molecule has 2 rings (SSSR count). The van der Waals surface area contributed by atoms with Gasteiger partial charge in [0.2, 0.25) is 0 Å². The minimum atomic E-state index is -0.818. The number of nitrogens with two attached hydrogens (primary N) is 1. The number of hydrogen-bond donors (Lipinski definition) is 2. The lowest BCUT2D eigenvalue weighted by atomic mass is 9.87. The molecule has 0 unspecified atom stereocenters. The van der Waals surface area contributed by atoms with E-state index in [1.165, 1.54) is 19.5 Å². The number of amides is 1. The van der Waals surface area contributed by atoms with E-state index in [1.54, 1.807) is 6.07 Å². The van der Waals surface area contributed by atoms with Crippen molar-refractivity contribution >= 4 is 23.4 Å². The van der Waals surface area contributed by atoms with Gasteiger partial charge >= 0.3 is 5.97 Å². The molecule has 0 spiro atoms. The Morgan fingerprint density at radius 2 is 1.88 bits per heavy atom. The first-order valence-electron chi connectivity index (χ1n) is 7.94. The molecule has 8 nitrogen and oxygen atoms in total. The number of anilines is 2. The number of benzene rings is 1. The predicted octanol–water partition coefficient (Wildman–Crippen LogP) is 2.16. The number of methoxy groups -OCH3 is 1. The highest BCUT2D eigenvalue weighted by Crippen LogP contribution is 2.31. The fourth-order valence-electron chi connectivity index (χ4n) is 2.16. The maximum absolute atomic E-state index is 12.2. The standard InChI is InChI=1S/C18H22N4O4/c1-18(2,3)11-5-6-13(25-4)12(9-11)22-14(23)10-26-17(24)15-16(19)21-8-7-20-15/h5-9H,10H2,1-4H3,(H2,19,21)(H,22,23). The molecule has 0 aliphatic rings. The molecule has 0 atom stereocenters. The Kier molecular flexibility index (Phi) is 5.76. The molecule has 138 valence electrons. The van der Waals surface area contributed by atoms with Crippen molar-refractivity contribution in [3.63, 3.8) is 0 Å². The highest BCUT2D eigenvalue weighted by Gasteiger charge is 2.18. The molecular weight excluding hydrogens is 336 g/mol. The van der Waals surface area contributed by atoms with Gasteiger partial charge in [0.25, 0.3) is 5.91 Å². The summed E-state index contributed by atoms with van der Waals surface area (Å²) in [5, 5.41) is 2.69. The quantitative estimate of drug-likeness (QED) is 0.787. The molecule has 0 fully saturated rings. The molecule has 0 radical (unpaired) electrons. The van der Waals surface area contributed by atoms with Crippen LogP contribution in [0.1, 0.15) is 36.8 Å². The van der Waals surface area contributed by atoms with Crippen LogP contribution in [0, 0.1) is 0 Å². The molecule has 0 saturated heterocycles. The first kappa shape index (κ1) is 19.2. The lowest BCUT2D eigenvalue weighted by molar-refractivity contribution is -0.119. The van der Waals surface area contributed by atoms with Crippen molar-refractivity contribution in [3.05, 3.63) is 41.9 Å². The van der Waals surface area contributed by atoms with Gasteiger partial charge in [-0.2, -0.15) is 0 Å². The van der Waals surface area contributed by atoms with Crippen LogP contribution < -0.4 is 15.8 Å². The highest BCUT2D eigenvalue weighted by molar-refractivity contribution is 5.97. The number of carbonyl (C=O) groups is 2. The summed E-state index contributed by atoms with van der Waals surface area (Å²) in [6.07, 6.45) is 2.67. The number of ether oxygens (including phenoxy) is 2. The Morgan fingerprint density at radius 3 is 2.50 bits per heavy atom. The smallest absolute Gasteiger partial charge is 0.361 e. The van der Waals surface area contributed by atoms with Crippen LogP contribution in [0.3, 0.4) is 0 Å². The summed E-state index contributed by atoms with van der Waals surface area (Å²) in [6, 6.07) is 5.55. The molecule has 0 saturated carbocycles. The number of nitrogens with zero attached hydrogens (tertiary/aromatic N) is 2. The third-order valence-corrected chi connectivity index (χ3v) is 3.59. The molecule has 1 heterocycles. The third kappa shape index (κ3) is 4.69. The van der Waals surface area contributed by atoms with Gasteiger partial charge in [-0.3, -0.25) is 4.79 Å². The first-order chi connectivity index (χ1) is 12.2. The maximum atomic E-state index is 12.2. The highest BCUT2D eigenvalue weighted by atomic mass is 16.5. The molecule has 0 aliphatic carbocycles. The number of esters is 1. The van der Waals surface area contributed by atoms with E-state index in [2.05, 4.69) is 36.1 Å². The summed E-state index contributed by atoms with van der Waals surface area (Å²) in [6.45, 7) is 5.70. The van der Waals surface area contributed by atoms with Gasteiger partial charge in [0.1, 0.15) is 5.75 Å². The third-order valence-electron chi connectivity index (χ3n) is 3.59. The van der Waals surface area contributed by atoms with Crippen molar-refractivity contribution in [1.29, 1.82) is 0 Å². The van der Waals surface area contributed by atoms with Crippen LogP contribution in [-0.2, 0) is 14.9 Å². The zero-order valence-electron chi connectivity index (χ0n) is 15.2. The summed E-state index contributed by atoms with van der Waals surface area (Å²) in [5.41, 5.74) is 6.85. The van der Waals surface area contributed by atoms with E-state index in [-0.39, 0.29) is 16.9 Å². The lowest BCUT2D eigenvalue weighted by Gasteiger charge is -2.21. The van der Waals surface area contributed by atoms with Crippen LogP contribution in [0.2, 0.25) is 0 Å². The fourth-order valence-corrected chi connectivity index (χ4v) is 2.16. The summed E-state index contributed by atoms with van der Waals surface area (Å²) >= 11 is 0. The van der Waals surface area contributed by atoms with Gasteiger partial charge < -0.3 is 20.5 Å². The molecule has 1 amide bonds. The first-order valence-corrected chi connectivity index (χ1v) is 7.94. The average Bonchev–Trinajstić information content (AvgIpc) is 2.59. The van der Waals surface area contributed by atoms with E-state index in [0.29, 0.717) is 11.4 Å². The SMILES string of the molecule is COc1ccc(C(C)(C)C)cc1NC(=O)COC(=O)c1nccnc1N. The second-order valence-corrected chi connectivity index (χ2v) is 6.58. The normalized spacial score (nSPS) is 10.9. The van der Waals surface area contributed by atoms with Crippen molar-refractivity contribution in [2.45, 2.75) is 26.2 Å². The summed E-state index contributed by atoms with van der Waals surface area (Å²) < 4.78 is 10.2. The summed E-state index contributed by atoms with van der Waals surface area (Å²) in [4.78, 5) is 31.6. The molecule has 8 heteroatoms. The Labute approximate surface area is 151 Å². The van der Waals surface area contributed by atoms with Crippen molar-refractivity contribution in [2.75, 3.05) is 24.8 Å². The zero-order chi connectivity index (χ0) is 19.3. The van der Waals surface area contributed by atoms with Gasteiger partial charge in [-0.15, -0.1) is 0 Å². The molecule has 26 heavy (non-hydrogen) atoms. The van der Waals surface area contributed by atoms with Gasteiger partial charge in [0.15, 0.2) is 18.1 Å². The van der Waals surface area contributed by atoms with Crippen molar-refractivity contribution in [3.8, 4) is 5.75 Å². The van der Waals surface area contributed by atoms with Crippen LogP contribution in [0.15, 0.2) is 30.6 Å². The van der Waals surface area contributed by atoms with E-state index in [0.717, 1.165) is 5.56 Å². The van der Waals surface area contributed by atoms with Crippen LogP contribution in [0.5, 0.6) is 5.75 Å². The molecule has 2 aromatic rings. The lowest BCUT2D eigenvalue weighted by Crippen LogP contribution is -2.22. The van der Waals surface area contributed by atoms with E-state index in [1.807, 2.05) is 12.1 Å². The number of nitrogens with one attached hydrogen (secondary N) is 1. The van der Waals surface area contributed by atoms with E-state index >= 15 is 0 Å². The topological polar surface area (TPSA) is 116 Å². The number of aromatic nitrogens is 2. The molecule has 0 bridgehead atoms. The Balaban J connectivity index is 2.05. The Hall–Kier alpha value is -3.16. The van der Waals surface area contributed by atoms with Gasteiger partial charge in [0.05, 0.1) is 12.8 Å². The van der Waals surface area contributed by atoms with Crippen molar-refractivity contribution in [2.24, 2.45) is 0 Å². The van der Waals surface area contributed by atoms with Crippen LogP contribution in [0.4, 0.5) is 11.5 Å². The number of rotatable bonds is 5. The Bertz CT molecular complexity index is 815. The molecule has 0 aliphatic heterocycles. The fraction of sp³-hybridized carbons (Fsp3) is 0.333. The number of nitrogen functional groups attached to an aromatic ring is 1. The van der Waals surface area contributed by atoms with E-state index in [4.69, 9.17) is 15.2 Å². The largest absolute Gasteiger partial charge is 0.495 e. The number of carbonyl (C=O) groups excluding carboxylic acids is 2. The summed E-state index contributed by atoms with van der Waals surface area (Å²) in [7, 11) is 1.51. The second-order valence-electron chi connectivity index (χ2n) is 6.58. The van der Waals surface area contributed by atoms with Gasteiger partial charge in [0, 0.05) is 12.4 Å². The molecule has 3 N–H and O–H groups in total. The monoisotopic (exact) mass is 358 g/mol. The van der Waals surface area contributed by atoms with Crippen LogP contribution >= 0.6 is 0 Å². The van der Waals surface area contributed by atoms with Gasteiger partial charge in [-0.05, 0) is 23.1 Å². The molecule has 1 aromatic carbocycles. The summed E-state index contributed by atoms with van der Waals surface area (Å²) in [5.74, 6) is -0.875. The van der Waals surface area contributed by atoms with Crippen LogP contribution in [0.25, 0.3) is 0 Å². The Morgan fingerprint density at radius 1 is 1.19 bits per heavy atom. The maximum Gasteiger partial charge on any atom is 0.361 e. The van der Waals surface area contributed by atoms with E-state index < -0.39 is 18.5 Å². The average molecular weight is 358 g/mol.